The standard InChI is InChI=1S/C20H16N4O5/c25-20(11-21-16-7-3-5-13-4-1-2-6-15(13)16)23-22-10-14-8-18-19(29-12-28-18)9-17(14)24(26)27/h1-10,21H,11-12H2,(H,23,25). The first kappa shape index (κ1) is 18.2. The van der Waals surface area contributed by atoms with E-state index in [2.05, 4.69) is 15.8 Å². The lowest BCUT2D eigenvalue weighted by molar-refractivity contribution is -0.385. The number of hydrogen-bond acceptors (Lipinski definition) is 7. The zero-order chi connectivity index (χ0) is 20.2. The topological polar surface area (TPSA) is 115 Å². The van der Waals surface area contributed by atoms with Gasteiger partial charge in [-0.1, -0.05) is 36.4 Å². The van der Waals surface area contributed by atoms with E-state index in [9.17, 15) is 14.9 Å². The van der Waals surface area contributed by atoms with Crippen LogP contribution in [0.15, 0.2) is 59.7 Å². The summed E-state index contributed by atoms with van der Waals surface area (Å²) in [4.78, 5) is 22.8. The number of hydrogen-bond donors (Lipinski definition) is 2. The number of amides is 1. The van der Waals surface area contributed by atoms with Gasteiger partial charge in [0.2, 0.25) is 6.79 Å². The molecule has 0 aromatic heterocycles. The van der Waals surface area contributed by atoms with Gasteiger partial charge in [0.25, 0.3) is 11.6 Å². The normalized spacial score (nSPS) is 12.3. The van der Waals surface area contributed by atoms with Crippen molar-refractivity contribution in [2.75, 3.05) is 18.7 Å². The summed E-state index contributed by atoms with van der Waals surface area (Å²) in [6, 6.07) is 16.3. The van der Waals surface area contributed by atoms with Gasteiger partial charge >= 0.3 is 0 Å². The van der Waals surface area contributed by atoms with E-state index in [-0.39, 0.29) is 24.6 Å². The Morgan fingerprint density at radius 2 is 1.90 bits per heavy atom. The van der Waals surface area contributed by atoms with E-state index >= 15 is 0 Å². The van der Waals surface area contributed by atoms with Gasteiger partial charge in [-0.3, -0.25) is 14.9 Å². The number of fused-ring (bicyclic) bond motifs is 2. The first-order chi connectivity index (χ1) is 14.1. The van der Waals surface area contributed by atoms with Crippen LogP contribution in [0, 0.1) is 10.1 Å². The molecule has 146 valence electrons. The summed E-state index contributed by atoms with van der Waals surface area (Å²) in [7, 11) is 0. The van der Waals surface area contributed by atoms with Crippen molar-refractivity contribution in [2.24, 2.45) is 5.10 Å². The minimum Gasteiger partial charge on any atom is -0.454 e. The molecule has 2 N–H and O–H groups in total. The molecule has 0 fully saturated rings. The Bertz CT molecular complexity index is 1120. The van der Waals surface area contributed by atoms with Gasteiger partial charge in [-0.25, -0.2) is 5.43 Å². The quantitative estimate of drug-likeness (QED) is 0.378. The van der Waals surface area contributed by atoms with E-state index in [1.165, 1.54) is 18.3 Å². The lowest BCUT2D eigenvalue weighted by Gasteiger charge is -2.08. The molecule has 1 heterocycles. The van der Waals surface area contributed by atoms with Crippen LogP contribution in [0.2, 0.25) is 0 Å². The predicted molar refractivity (Wildman–Crippen MR) is 107 cm³/mol. The predicted octanol–water partition coefficient (Wildman–Crippen LogP) is 3.04. The average Bonchev–Trinajstić information content (AvgIpc) is 3.19. The fourth-order valence-electron chi connectivity index (χ4n) is 2.98. The van der Waals surface area contributed by atoms with Gasteiger partial charge in [0.15, 0.2) is 11.5 Å². The lowest BCUT2D eigenvalue weighted by atomic mass is 10.1. The van der Waals surface area contributed by atoms with E-state index in [1.54, 1.807) is 0 Å². The van der Waals surface area contributed by atoms with Crippen molar-refractivity contribution < 1.29 is 19.2 Å². The largest absolute Gasteiger partial charge is 0.454 e. The van der Waals surface area contributed by atoms with Gasteiger partial charge in [-0.2, -0.15) is 5.10 Å². The van der Waals surface area contributed by atoms with E-state index in [0.717, 1.165) is 16.5 Å². The minimum atomic E-state index is -0.548. The lowest BCUT2D eigenvalue weighted by Crippen LogP contribution is -2.26. The number of carbonyl (C=O) groups excluding carboxylic acids is 1. The van der Waals surface area contributed by atoms with Crippen molar-refractivity contribution in [1.29, 1.82) is 0 Å². The van der Waals surface area contributed by atoms with E-state index in [1.807, 2.05) is 42.5 Å². The number of nitrogens with zero attached hydrogens (tertiary/aromatic N) is 2. The first-order valence-electron chi connectivity index (χ1n) is 8.73. The third-order valence-corrected chi connectivity index (χ3v) is 4.34. The molecule has 0 spiro atoms. The van der Waals surface area contributed by atoms with Crippen LogP contribution < -0.4 is 20.2 Å². The first-order valence-corrected chi connectivity index (χ1v) is 8.73. The highest BCUT2D eigenvalue weighted by molar-refractivity contribution is 5.95. The highest BCUT2D eigenvalue weighted by Crippen LogP contribution is 2.37. The number of hydrazone groups is 1. The molecule has 1 aliphatic heterocycles. The Kier molecular flexibility index (Phi) is 4.93. The van der Waals surface area contributed by atoms with Gasteiger partial charge in [0.05, 0.1) is 29.3 Å². The molecular formula is C20H16N4O5. The van der Waals surface area contributed by atoms with Crippen LogP contribution in [0.3, 0.4) is 0 Å². The van der Waals surface area contributed by atoms with Gasteiger partial charge in [0.1, 0.15) is 0 Å². The molecule has 0 radical (unpaired) electrons. The summed E-state index contributed by atoms with van der Waals surface area (Å²) in [5.41, 5.74) is 3.19. The number of nitro groups is 1. The number of ether oxygens (including phenoxy) is 2. The summed E-state index contributed by atoms with van der Waals surface area (Å²) >= 11 is 0. The molecule has 0 saturated carbocycles. The molecule has 9 heteroatoms. The number of anilines is 1. The Hall–Kier alpha value is -4.14. The zero-order valence-electron chi connectivity index (χ0n) is 15.1. The molecule has 9 nitrogen and oxygen atoms in total. The highest BCUT2D eigenvalue weighted by atomic mass is 16.7. The number of carbonyl (C=O) groups is 1. The fourth-order valence-corrected chi connectivity index (χ4v) is 2.98. The van der Waals surface area contributed by atoms with Gasteiger partial charge < -0.3 is 14.8 Å². The smallest absolute Gasteiger partial charge is 0.282 e. The van der Waals surface area contributed by atoms with Crippen molar-refractivity contribution >= 4 is 34.3 Å². The van der Waals surface area contributed by atoms with Gasteiger partial charge in [-0.15, -0.1) is 0 Å². The summed E-state index contributed by atoms with van der Waals surface area (Å²) in [5.74, 6) is 0.302. The van der Waals surface area contributed by atoms with E-state index in [4.69, 9.17) is 9.47 Å². The minimum absolute atomic E-state index is 0.00363. The molecule has 29 heavy (non-hydrogen) atoms. The Labute approximate surface area is 165 Å². The molecule has 1 aliphatic rings. The maximum absolute atomic E-state index is 12.1. The summed E-state index contributed by atoms with van der Waals surface area (Å²) in [6.07, 6.45) is 1.20. The summed E-state index contributed by atoms with van der Waals surface area (Å²) in [5, 5.41) is 20.2. The average molecular weight is 392 g/mol. The fraction of sp³-hybridized carbons (Fsp3) is 0.100. The highest BCUT2D eigenvalue weighted by Gasteiger charge is 2.22. The van der Waals surface area contributed by atoms with E-state index in [0.29, 0.717) is 11.5 Å². The number of nitrogens with one attached hydrogen (secondary N) is 2. The third kappa shape index (κ3) is 3.93. The van der Waals surface area contributed by atoms with Crippen LogP contribution in [-0.2, 0) is 4.79 Å². The van der Waals surface area contributed by atoms with Crippen LogP contribution in [0.25, 0.3) is 10.8 Å². The van der Waals surface area contributed by atoms with Crippen molar-refractivity contribution in [3.63, 3.8) is 0 Å². The Balaban J connectivity index is 1.41. The SMILES string of the molecule is O=C(CNc1cccc2ccccc12)NN=Cc1cc2c(cc1[N+](=O)[O-])OCO2. The molecule has 0 aliphatic carbocycles. The number of rotatable bonds is 6. The molecule has 1 amide bonds. The summed E-state index contributed by atoms with van der Waals surface area (Å²) in [6.45, 7) is -0.00175. The van der Waals surface area contributed by atoms with Gasteiger partial charge in [0, 0.05) is 11.1 Å². The monoisotopic (exact) mass is 392 g/mol. The zero-order valence-corrected chi connectivity index (χ0v) is 15.1. The second kappa shape index (κ2) is 7.85. The molecule has 0 bridgehead atoms. The number of benzene rings is 3. The maximum atomic E-state index is 12.1. The van der Waals surface area contributed by atoms with Crippen molar-refractivity contribution in [3.8, 4) is 11.5 Å². The Morgan fingerprint density at radius 3 is 2.72 bits per heavy atom. The van der Waals surface area contributed by atoms with Crippen LogP contribution in [0.5, 0.6) is 11.5 Å². The molecule has 3 aromatic rings. The molecule has 0 unspecified atom stereocenters. The number of nitro benzene ring substituents is 1. The maximum Gasteiger partial charge on any atom is 0.282 e. The molecule has 0 atom stereocenters. The third-order valence-electron chi connectivity index (χ3n) is 4.34. The molecule has 0 saturated heterocycles. The van der Waals surface area contributed by atoms with Crippen molar-refractivity contribution in [3.05, 3.63) is 70.3 Å². The van der Waals surface area contributed by atoms with Crippen molar-refractivity contribution in [2.45, 2.75) is 0 Å². The molecule has 3 aromatic carbocycles. The second-order valence-corrected chi connectivity index (χ2v) is 6.19. The van der Waals surface area contributed by atoms with Crippen LogP contribution >= 0.6 is 0 Å². The second-order valence-electron chi connectivity index (χ2n) is 6.19. The van der Waals surface area contributed by atoms with E-state index < -0.39 is 10.8 Å². The summed E-state index contributed by atoms with van der Waals surface area (Å²) < 4.78 is 10.4. The van der Waals surface area contributed by atoms with Crippen LogP contribution in [0.4, 0.5) is 11.4 Å². The molecule has 4 rings (SSSR count). The van der Waals surface area contributed by atoms with Crippen LogP contribution in [0.1, 0.15) is 5.56 Å². The van der Waals surface area contributed by atoms with Crippen molar-refractivity contribution in [1.82, 2.24) is 5.43 Å². The Morgan fingerprint density at radius 1 is 1.14 bits per heavy atom. The van der Waals surface area contributed by atoms with Crippen LogP contribution in [-0.4, -0.2) is 30.4 Å². The van der Waals surface area contributed by atoms with Gasteiger partial charge in [-0.05, 0) is 17.5 Å². The molecular weight excluding hydrogens is 376 g/mol.